The zero-order valence-electron chi connectivity index (χ0n) is 13.6. The Morgan fingerprint density at radius 2 is 2.17 bits per heavy atom. The molecule has 1 amide bonds. The minimum Gasteiger partial charge on any atom is -0.360 e. The normalized spacial score (nSPS) is 16.5. The first-order valence-corrected chi connectivity index (χ1v) is 8.16. The van der Waals surface area contributed by atoms with Crippen LogP contribution in [-0.2, 0) is 0 Å². The Hall–Kier alpha value is -2.67. The number of imidazole rings is 1. The molecule has 124 valence electrons. The van der Waals surface area contributed by atoms with Gasteiger partial charge in [0, 0.05) is 18.6 Å². The van der Waals surface area contributed by atoms with Crippen LogP contribution in [-0.4, -0.2) is 50.6 Å². The van der Waals surface area contributed by atoms with Crippen molar-refractivity contribution in [3.05, 3.63) is 42.6 Å². The van der Waals surface area contributed by atoms with Crippen molar-refractivity contribution >= 4 is 22.9 Å². The molecule has 24 heavy (non-hydrogen) atoms. The molecular weight excluding hydrogens is 304 g/mol. The van der Waals surface area contributed by atoms with Gasteiger partial charge in [-0.1, -0.05) is 0 Å². The molecule has 7 nitrogen and oxygen atoms in total. The van der Waals surface area contributed by atoms with Crippen molar-refractivity contribution in [2.75, 3.05) is 25.5 Å². The number of aromatic nitrogens is 4. The second kappa shape index (κ2) is 6.09. The predicted octanol–water partition coefficient (Wildman–Crippen LogP) is 2.65. The maximum atomic E-state index is 12.1. The quantitative estimate of drug-likeness (QED) is 0.759. The molecule has 1 aliphatic rings. The van der Waals surface area contributed by atoms with Crippen LogP contribution in [0.5, 0.6) is 0 Å². The van der Waals surface area contributed by atoms with Crippen LogP contribution < -0.4 is 5.32 Å². The molecule has 2 N–H and O–H groups in total. The molecule has 4 rings (SSSR count). The highest BCUT2D eigenvalue weighted by Gasteiger charge is 2.22. The Morgan fingerprint density at radius 3 is 2.92 bits per heavy atom. The van der Waals surface area contributed by atoms with Gasteiger partial charge in [0.15, 0.2) is 0 Å². The first kappa shape index (κ1) is 14.9. The van der Waals surface area contributed by atoms with E-state index >= 15 is 0 Å². The van der Waals surface area contributed by atoms with E-state index in [1.807, 2.05) is 12.1 Å². The van der Waals surface area contributed by atoms with E-state index in [4.69, 9.17) is 0 Å². The molecule has 0 aliphatic carbocycles. The number of amides is 1. The van der Waals surface area contributed by atoms with E-state index in [0.717, 1.165) is 37.0 Å². The number of likely N-dealkylation sites (tertiary alicyclic amines) is 1. The molecule has 1 aliphatic heterocycles. The summed E-state index contributed by atoms with van der Waals surface area (Å²) in [5.74, 6) is 1.07. The lowest BCUT2D eigenvalue weighted by molar-refractivity contribution is 0.253. The maximum Gasteiger partial charge on any atom is 0.332 e. The van der Waals surface area contributed by atoms with Crippen LogP contribution in [0.15, 0.2) is 37.1 Å². The molecule has 1 fully saturated rings. The van der Waals surface area contributed by atoms with Crippen molar-refractivity contribution in [1.29, 1.82) is 0 Å². The van der Waals surface area contributed by atoms with Crippen LogP contribution in [0.3, 0.4) is 0 Å². The van der Waals surface area contributed by atoms with Crippen molar-refractivity contribution < 1.29 is 4.79 Å². The molecule has 0 aromatic carbocycles. The van der Waals surface area contributed by atoms with Crippen molar-refractivity contribution in [2.24, 2.45) is 0 Å². The fourth-order valence-corrected chi connectivity index (χ4v) is 3.27. The molecule has 0 spiro atoms. The minimum absolute atomic E-state index is 0.268. The second-order valence-corrected chi connectivity index (χ2v) is 6.31. The highest BCUT2D eigenvalue weighted by Crippen LogP contribution is 2.32. The fourth-order valence-electron chi connectivity index (χ4n) is 3.27. The highest BCUT2D eigenvalue weighted by atomic mass is 16.2. The minimum atomic E-state index is -0.268. The monoisotopic (exact) mass is 324 g/mol. The van der Waals surface area contributed by atoms with Gasteiger partial charge in [-0.3, -0.25) is 9.88 Å². The van der Waals surface area contributed by atoms with Crippen molar-refractivity contribution in [2.45, 2.75) is 18.8 Å². The lowest BCUT2D eigenvalue weighted by atomic mass is 9.91. The molecule has 0 bridgehead atoms. The van der Waals surface area contributed by atoms with E-state index in [9.17, 15) is 4.79 Å². The first-order chi connectivity index (χ1) is 11.7. The Kier molecular flexibility index (Phi) is 3.78. The third-order valence-corrected chi connectivity index (χ3v) is 4.68. The SMILES string of the molecule is CN1CCC(c2c[nH]c3ccc(NC(=O)n4ccnc4)nc23)CC1. The van der Waals surface area contributed by atoms with E-state index in [1.165, 1.54) is 16.5 Å². The number of nitrogens with one attached hydrogen (secondary N) is 2. The summed E-state index contributed by atoms with van der Waals surface area (Å²) in [6.45, 7) is 2.21. The van der Waals surface area contributed by atoms with Gasteiger partial charge >= 0.3 is 6.03 Å². The predicted molar refractivity (Wildman–Crippen MR) is 92.2 cm³/mol. The zero-order valence-corrected chi connectivity index (χ0v) is 13.6. The van der Waals surface area contributed by atoms with Gasteiger partial charge in [0.25, 0.3) is 0 Å². The van der Waals surface area contributed by atoms with Crippen LogP contribution in [0.25, 0.3) is 11.0 Å². The van der Waals surface area contributed by atoms with Crippen molar-refractivity contribution in [3.63, 3.8) is 0 Å². The Morgan fingerprint density at radius 1 is 1.33 bits per heavy atom. The van der Waals surface area contributed by atoms with Crippen LogP contribution in [0.2, 0.25) is 0 Å². The fraction of sp³-hybridized carbons (Fsp3) is 0.353. The van der Waals surface area contributed by atoms with Crippen molar-refractivity contribution in [1.82, 2.24) is 24.4 Å². The largest absolute Gasteiger partial charge is 0.360 e. The number of nitrogens with zero attached hydrogens (tertiary/aromatic N) is 4. The summed E-state index contributed by atoms with van der Waals surface area (Å²) in [4.78, 5) is 26.3. The Bertz CT molecular complexity index is 845. The highest BCUT2D eigenvalue weighted by molar-refractivity contribution is 5.91. The summed E-state index contributed by atoms with van der Waals surface area (Å²) < 4.78 is 1.39. The van der Waals surface area contributed by atoms with Gasteiger partial charge in [0.05, 0.1) is 11.0 Å². The van der Waals surface area contributed by atoms with Crippen LogP contribution in [0.1, 0.15) is 24.3 Å². The lowest BCUT2D eigenvalue weighted by Gasteiger charge is -2.28. The number of rotatable bonds is 2. The van der Waals surface area contributed by atoms with E-state index in [1.54, 1.807) is 12.4 Å². The number of H-pyrrole nitrogens is 1. The molecule has 0 unspecified atom stereocenters. The third-order valence-electron chi connectivity index (χ3n) is 4.68. The van der Waals surface area contributed by atoms with Gasteiger partial charge in [-0.25, -0.2) is 14.8 Å². The molecule has 3 aromatic heterocycles. The summed E-state index contributed by atoms with van der Waals surface area (Å²) in [5, 5.41) is 2.81. The van der Waals surface area contributed by atoms with E-state index in [0.29, 0.717) is 11.7 Å². The number of carbonyl (C=O) groups is 1. The summed E-state index contributed by atoms with van der Waals surface area (Å²) in [6.07, 6.45) is 8.98. The number of carbonyl (C=O) groups excluding carboxylic acids is 1. The van der Waals surface area contributed by atoms with E-state index < -0.39 is 0 Å². The third kappa shape index (κ3) is 2.78. The van der Waals surface area contributed by atoms with Crippen molar-refractivity contribution in [3.8, 4) is 0 Å². The van der Waals surface area contributed by atoms with Gasteiger partial charge in [-0.15, -0.1) is 0 Å². The Labute approximate surface area is 139 Å². The molecule has 1 saturated heterocycles. The summed E-state index contributed by atoms with van der Waals surface area (Å²) in [5.41, 5.74) is 3.20. The average Bonchev–Trinajstić information content (AvgIpc) is 3.25. The molecule has 0 radical (unpaired) electrons. The van der Waals surface area contributed by atoms with Gasteiger partial charge in [0.1, 0.15) is 12.1 Å². The van der Waals surface area contributed by atoms with Gasteiger partial charge in [0.2, 0.25) is 0 Å². The number of anilines is 1. The average molecular weight is 324 g/mol. The molecule has 7 heteroatoms. The number of fused-ring (bicyclic) bond motifs is 1. The van der Waals surface area contributed by atoms with Gasteiger partial charge < -0.3 is 9.88 Å². The lowest BCUT2D eigenvalue weighted by Crippen LogP contribution is -2.29. The van der Waals surface area contributed by atoms with Gasteiger partial charge in [-0.05, 0) is 56.6 Å². The molecular formula is C17H20N6O. The summed E-state index contributed by atoms with van der Waals surface area (Å²) in [6, 6.07) is 3.51. The second-order valence-electron chi connectivity index (χ2n) is 6.31. The van der Waals surface area contributed by atoms with Gasteiger partial charge in [-0.2, -0.15) is 0 Å². The molecule has 0 saturated carbocycles. The number of hydrogen-bond acceptors (Lipinski definition) is 4. The zero-order chi connectivity index (χ0) is 16.5. The molecule has 4 heterocycles. The number of aromatic amines is 1. The standard InChI is InChI=1S/C17H20N6O/c1-22-7-4-12(5-8-22)13-10-19-14-2-3-15(20-16(13)14)21-17(24)23-9-6-18-11-23/h2-3,6,9-12,19H,4-5,7-8H2,1H3,(H,20,21,24). The number of hydrogen-bond donors (Lipinski definition) is 2. The summed E-state index contributed by atoms with van der Waals surface area (Å²) >= 11 is 0. The van der Waals surface area contributed by atoms with E-state index in [-0.39, 0.29) is 6.03 Å². The van der Waals surface area contributed by atoms with Crippen LogP contribution >= 0.6 is 0 Å². The molecule has 3 aromatic rings. The first-order valence-electron chi connectivity index (χ1n) is 8.16. The summed E-state index contributed by atoms with van der Waals surface area (Å²) in [7, 11) is 2.16. The Balaban J connectivity index is 1.60. The number of piperidine rings is 1. The topological polar surface area (TPSA) is 78.8 Å². The van der Waals surface area contributed by atoms with Crippen LogP contribution in [0, 0.1) is 0 Å². The van der Waals surface area contributed by atoms with Crippen LogP contribution in [0.4, 0.5) is 10.6 Å². The van der Waals surface area contributed by atoms with E-state index in [2.05, 4.69) is 38.4 Å². The smallest absolute Gasteiger partial charge is 0.332 e. The molecule has 0 atom stereocenters. The maximum absolute atomic E-state index is 12.1. The number of pyridine rings is 1.